The Balaban J connectivity index is 1.45. The highest BCUT2D eigenvalue weighted by Gasteiger charge is 2.18. The highest BCUT2D eigenvalue weighted by molar-refractivity contribution is 7.92. The van der Waals surface area contributed by atoms with Gasteiger partial charge in [-0.2, -0.15) is 0 Å². The summed E-state index contributed by atoms with van der Waals surface area (Å²) in [4.78, 5) is 13.7. The number of imidazole rings is 1. The summed E-state index contributed by atoms with van der Waals surface area (Å²) in [7, 11) is -2.38. The number of halogens is 1. The van der Waals surface area contributed by atoms with Gasteiger partial charge in [0.25, 0.3) is 10.0 Å². The molecule has 0 unspecified atom stereocenters. The molecule has 10 heteroatoms. The van der Waals surface area contributed by atoms with Crippen LogP contribution in [0.3, 0.4) is 0 Å². The Morgan fingerprint density at radius 2 is 1.78 bits per heavy atom. The number of fused-ring (bicyclic) bond motifs is 1. The highest BCUT2D eigenvalue weighted by Crippen LogP contribution is 2.25. The fourth-order valence-corrected chi connectivity index (χ4v) is 5.11. The van der Waals surface area contributed by atoms with Crippen molar-refractivity contribution in [3.8, 4) is 11.4 Å². The van der Waals surface area contributed by atoms with Gasteiger partial charge in [-0.15, -0.1) is 0 Å². The summed E-state index contributed by atoms with van der Waals surface area (Å²) < 4.78 is 49.5. The minimum absolute atomic E-state index is 0.00994. The van der Waals surface area contributed by atoms with Crippen LogP contribution in [0.15, 0.2) is 84.0 Å². The molecule has 8 nitrogen and oxygen atoms in total. The molecule has 0 aliphatic heterocycles. The molecule has 3 heterocycles. The van der Waals surface area contributed by atoms with Gasteiger partial charge < -0.3 is 4.74 Å². The molecule has 37 heavy (non-hydrogen) atoms. The van der Waals surface area contributed by atoms with Gasteiger partial charge in [0.2, 0.25) is 0 Å². The van der Waals surface area contributed by atoms with Crippen LogP contribution in [0.1, 0.15) is 17.1 Å². The van der Waals surface area contributed by atoms with Crippen molar-refractivity contribution >= 4 is 26.9 Å². The van der Waals surface area contributed by atoms with Crippen LogP contribution < -0.4 is 9.46 Å². The van der Waals surface area contributed by atoms with Crippen LogP contribution in [-0.2, 0) is 22.9 Å². The van der Waals surface area contributed by atoms with Crippen LogP contribution in [0, 0.1) is 12.7 Å². The number of methoxy groups -OCH3 is 1. The molecule has 5 aromatic rings. The van der Waals surface area contributed by atoms with Gasteiger partial charge in [0.15, 0.2) is 5.65 Å². The molecule has 1 N–H and O–H groups in total. The number of anilines is 1. The molecular weight excluding hydrogens is 493 g/mol. The first-order chi connectivity index (χ1) is 17.8. The molecule has 0 radical (unpaired) electrons. The number of sulfonamides is 1. The third kappa shape index (κ3) is 5.14. The molecule has 0 aliphatic rings. The van der Waals surface area contributed by atoms with Crippen molar-refractivity contribution < 1.29 is 17.5 Å². The number of nitrogens with zero attached hydrogens (tertiary/aromatic N) is 4. The second kappa shape index (κ2) is 9.98. The van der Waals surface area contributed by atoms with Gasteiger partial charge in [0.1, 0.15) is 22.9 Å². The smallest absolute Gasteiger partial charge is 0.261 e. The van der Waals surface area contributed by atoms with E-state index in [1.54, 1.807) is 50.7 Å². The monoisotopic (exact) mass is 517 g/mol. The Hall–Kier alpha value is -4.31. The minimum Gasteiger partial charge on any atom is -0.497 e. The van der Waals surface area contributed by atoms with Crippen LogP contribution in [-0.4, -0.2) is 35.0 Å². The maximum atomic E-state index is 14.2. The Kier molecular flexibility index (Phi) is 6.58. The number of rotatable bonds is 8. The number of benzene rings is 2. The summed E-state index contributed by atoms with van der Waals surface area (Å²) in [6, 6.07) is 18.0. The zero-order valence-corrected chi connectivity index (χ0v) is 21.0. The number of ether oxygens (including phenoxy) is 1. The van der Waals surface area contributed by atoms with Gasteiger partial charge in [-0.1, -0.05) is 6.07 Å². The lowest BCUT2D eigenvalue weighted by Crippen LogP contribution is -2.14. The van der Waals surface area contributed by atoms with Crippen molar-refractivity contribution in [2.75, 3.05) is 11.8 Å². The van der Waals surface area contributed by atoms with Crippen LogP contribution in [0.4, 0.5) is 10.1 Å². The van der Waals surface area contributed by atoms with Crippen LogP contribution in [0.2, 0.25) is 0 Å². The standard InChI is InChI=1S/C27H24FN5O3S/c1-18-5-11-24(23(28)16-18)32-37(34,35)22-9-7-20(8-10-22)33-26(31-25-4-3-14-30-27(25)33)12-6-19-17-21(36-2)13-15-29-19/h3-5,7-11,13-17,32H,6,12H2,1-2H3. The Labute approximate surface area is 213 Å². The first kappa shape index (κ1) is 24.4. The van der Waals surface area contributed by atoms with Crippen LogP contribution in [0.5, 0.6) is 5.75 Å². The Bertz CT molecular complexity index is 1680. The van der Waals surface area contributed by atoms with Crippen molar-refractivity contribution in [1.82, 2.24) is 19.5 Å². The molecule has 0 atom stereocenters. The number of nitrogens with one attached hydrogen (secondary N) is 1. The van der Waals surface area contributed by atoms with Gasteiger partial charge in [0, 0.05) is 36.3 Å². The second-order valence-electron chi connectivity index (χ2n) is 8.48. The summed E-state index contributed by atoms with van der Waals surface area (Å²) in [5.41, 5.74) is 3.55. The van der Waals surface area contributed by atoms with E-state index in [1.165, 1.54) is 24.3 Å². The normalized spacial score (nSPS) is 11.5. The molecule has 0 saturated carbocycles. The van der Waals surface area contributed by atoms with E-state index >= 15 is 0 Å². The summed E-state index contributed by atoms with van der Waals surface area (Å²) in [6.07, 6.45) is 4.59. The average molecular weight is 518 g/mol. The van der Waals surface area contributed by atoms with Crippen LogP contribution in [0.25, 0.3) is 16.9 Å². The first-order valence-corrected chi connectivity index (χ1v) is 13.0. The number of hydrogen-bond donors (Lipinski definition) is 1. The van der Waals surface area contributed by atoms with E-state index in [2.05, 4.69) is 14.7 Å². The zero-order chi connectivity index (χ0) is 26.0. The summed E-state index contributed by atoms with van der Waals surface area (Å²) >= 11 is 0. The molecule has 3 aromatic heterocycles. The van der Waals surface area contributed by atoms with Crippen molar-refractivity contribution in [1.29, 1.82) is 0 Å². The zero-order valence-electron chi connectivity index (χ0n) is 20.2. The molecular formula is C27H24FN5O3S. The molecule has 0 amide bonds. The molecule has 0 fully saturated rings. The predicted molar refractivity (Wildman–Crippen MR) is 139 cm³/mol. The summed E-state index contributed by atoms with van der Waals surface area (Å²) in [5, 5.41) is 0. The van der Waals surface area contributed by atoms with E-state index in [0.29, 0.717) is 29.7 Å². The lowest BCUT2D eigenvalue weighted by molar-refractivity contribution is 0.413. The number of aryl methyl sites for hydroxylation is 3. The number of pyridine rings is 2. The number of hydrogen-bond acceptors (Lipinski definition) is 6. The molecule has 2 aromatic carbocycles. The van der Waals surface area contributed by atoms with Crippen molar-refractivity contribution in [3.05, 3.63) is 102 Å². The maximum absolute atomic E-state index is 14.2. The fourth-order valence-electron chi connectivity index (χ4n) is 4.04. The van der Waals surface area contributed by atoms with Gasteiger partial charge in [-0.25, -0.2) is 22.8 Å². The van der Waals surface area contributed by atoms with E-state index in [-0.39, 0.29) is 10.6 Å². The van der Waals surface area contributed by atoms with Gasteiger partial charge >= 0.3 is 0 Å². The molecule has 0 saturated heterocycles. The number of aromatic nitrogens is 4. The predicted octanol–water partition coefficient (Wildman–Crippen LogP) is 4.86. The van der Waals surface area contributed by atoms with Crippen molar-refractivity contribution in [2.24, 2.45) is 0 Å². The lowest BCUT2D eigenvalue weighted by atomic mass is 10.2. The van der Waals surface area contributed by atoms with Gasteiger partial charge in [-0.3, -0.25) is 14.3 Å². The topological polar surface area (TPSA) is 99.0 Å². The van der Waals surface area contributed by atoms with Gasteiger partial charge in [0.05, 0.1) is 17.7 Å². The average Bonchev–Trinajstić information content (AvgIpc) is 3.28. The lowest BCUT2D eigenvalue weighted by Gasteiger charge is -2.12. The van der Waals surface area contributed by atoms with E-state index in [4.69, 9.17) is 9.72 Å². The molecule has 5 rings (SSSR count). The SMILES string of the molecule is COc1ccnc(CCc2nc3cccnc3n2-c2ccc(S(=O)(=O)Nc3ccc(C)cc3F)cc2)c1. The summed E-state index contributed by atoms with van der Waals surface area (Å²) in [6.45, 7) is 1.73. The fraction of sp³-hybridized carbons (Fsp3) is 0.148. The quantitative estimate of drug-likeness (QED) is 0.316. The molecule has 0 aliphatic carbocycles. The summed E-state index contributed by atoms with van der Waals surface area (Å²) in [5.74, 6) is 0.858. The molecule has 0 bridgehead atoms. The third-order valence-corrected chi connectivity index (χ3v) is 7.27. The first-order valence-electron chi connectivity index (χ1n) is 11.5. The van der Waals surface area contributed by atoms with E-state index < -0.39 is 15.8 Å². The van der Waals surface area contributed by atoms with E-state index in [1.807, 2.05) is 22.8 Å². The largest absolute Gasteiger partial charge is 0.497 e. The highest BCUT2D eigenvalue weighted by atomic mass is 32.2. The van der Waals surface area contributed by atoms with Crippen LogP contribution >= 0.6 is 0 Å². The van der Waals surface area contributed by atoms with Crippen molar-refractivity contribution in [3.63, 3.8) is 0 Å². The van der Waals surface area contributed by atoms with E-state index in [0.717, 1.165) is 22.8 Å². The maximum Gasteiger partial charge on any atom is 0.261 e. The minimum atomic E-state index is -3.99. The van der Waals surface area contributed by atoms with Gasteiger partial charge in [-0.05, 0) is 73.5 Å². The molecule has 188 valence electrons. The Morgan fingerprint density at radius 3 is 2.54 bits per heavy atom. The third-order valence-electron chi connectivity index (χ3n) is 5.89. The molecule has 0 spiro atoms. The van der Waals surface area contributed by atoms with E-state index in [9.17, 15) is 12.8 Å². The van der Waals surface area contributed by atoms with Crippen molar-refractivity contribution in [2.45, 2.75) is 24.7 Å². The second-order valence-corrected chi connectivity index (χ2v) is 10.2. The Morgan fingerprint density at radius 1 is 0.973 bits per heavy atom.